The quantitative estimate of drug-likeness (QED) is 0.839. The van der Waals surface area contributed by atoms with Crippen molar-refractivity contribution in [2.24, 2.45) is 0 Å². The highest BCUT2D eigenvalue weighted by molar-refractivity contribution is 5.99. The summed E-state index contributed by atoms with van der Waals surface area (Å²) in [5.41, 5.74) is 0.647. The van der Waals surface area contributed by atoms with Crippen molar-refractivity contribution < 1.29 is 22.8 Å². The topological polar surface area (TPSA) is 59.1 Å². The molecule has 2 rings (SSSR count). The summed E-state index contributed by atoms with van der Waals surface area (Å²) < 4.78 is 37.2. The van der Waals surface area contributed by atoms with Gasteiger partial charge in [-0.1, -0.05) is 29.8 Å². The van der Waals surface area contributed by atoms with Crippen LogP contribution in [0.5, 0.6) is 0 Å². The highest BCUT2D eigenvalue weighted by Gasteiger charge is 2.30. The number of ketones is 1. The molecule has 1 N–H and O–H groups in total. The Balaban J connectivity index is 1.87. The van der Waals surface area contributed by atoms with Crippen LogP contribution >= 0.6 is 0 Å². The zero-order valence-electron chi connectivity index (χ0n) is 12.9. The van der Waals surface area contributed by atoms with Crippen LogP contribution in [0.4, 0.5) is 19.0 Å². The summed E-state index contributed by atoms with van der Waals surface area (Å²) in [5, 5.41) is 2.37. The third kappa shape index (κ3) is 4.91. The highest BCUT2D eigenvalue weighted by atomic mass is 19.4. The standard InChI is InChI=1S/C17H15F3N2O2/c1-11-2-4-12(5-3-11)14(23)7-9-16(24)22-15-8-6-13(10-21-15)17(18,19)20/h2-6,8,10H,7,9H2,1H3,(H,21,22,24). The molecule has 2 aromatic rings. The number of aryl methyl sites for hydroxylation is 1. The number of hydrogen-bond acceptors (Lipinski definition) is 3. The summed E-state index contributed by atoms with van der Waals surface area (Å²) in [4.78, 5) is 27.2. The Morgan fingerprint density at radius 1 is 1.04 bits per heavy atom. The van der Waals surface area contributed by atoms with Crippen molar-refractivity contribution in [3.05, 3.63) is 59.3 Å². The van der Waals surface area contributed by atoms with E-state index in [9.17, 15) is 22.8 Å². The molecule has 0 bridgehead atoms. The SMILES string of the molecule is Cc1ccc(C(=O)CCC(=O)Nc2ccc(C(F)(F)F)cn2)cc1. The number of halogens is 3. The Hall–Kier alpha value is -2.70. The summed E-state index contributed by atoms with van der Waals surface area (Å²) in [5.74, 6) is -0.649. The minimum Gasteiger partial charge on any atom is -0.311 e. The number of pyridine rings is 1. The molecule has 0 fully saturated rings. The molecule has 7 heteroatoms. The average molecular weight is 336 g/mol. The number of Topliss-reactive ketones (excluding diaryl/α,β-unsaturated/α-hetero) is 1. The molecule has 0 unspecified atom stereocenters. The number of nitrogens with one attached hydrogen (secondary N) is 1. The molecule has 1 aromatic carbocycles. The van der Waals surface area contributed by atoms with Gasteiger partial charge in [0.25, 0.3) is 0 Å². The summed E-state index contributed by atoms with van der Waals surface area (Å²) in [7, 11) is 0. The molecule has 1 aromatic heterocycles. The number of benzene rings is 1. The van der Waals surface area contributed by atoms with E-state index in [1.54, 1.807) is 24.3 Å². The van der Waals surface area contributed by atoms with E-state index < -0.39 is 17.6 Å². The number of hydrogen-bond donors (Lipinski definition) is 1. The van der Waals surface area contributed by atoms with Crippen molar-refractivity contribution in [1.82, 2.24) is 4.98 Å². The van der Waals surface area contributed by atoms with E-state index in [2.05, 4.69) is 10.3 Å². The van der Waals surface area contributed by atoms with Gasteiger partial charge in [-0.25, -0.2) is 4.98 Å². The predicted molar refractivity (Wildman–Crippen MR) is 82.6 cm³/mol. The van der Waals surface area contributed by atoms with Crippen molar-refractivity contribution in [3.63, 3.8) is 0 Å². The fraction of sp³-hybridized carbons (Fsp3) is 0.235. The maximum Gasteiger partial charge on any atom is 0.417 e. The monoisotopic (exact) mass is 336 g/mol. The minimum atomic E-state index is -4.48. The molecule has 1 heterocycles. The fourth-order valence-corrected chi connectivity index (χ4v) is 1.95. The molecule has 0 spiro atoms. The van der Waals surface area contributed by atoms with Crippen molar-refractivity contribution >= 4 is 17.5 Å². The molecular formula is C17H15F3N2O2. The van der Waals surface area contributed by atoms with E-state index in [4.69, 9.17) is 0 Å². The van der Waals surface area contributed by atoms with Gasteiger partial charge in [-0.3, -0.25) is 9.59 Å². The first-order chi connectivity index (χ1) is 11.3. The molecular weight excluding hydrogens is 321 g/mol. The lowest BCUT2D eigenvalue weighted by Crippen LogP contribution is -2.15. The summed E-state index contributed by atoms with van der Waals surface area (Å²) in [6.07, 6.45) is -3.89. The maximum absolute atomic E-state index is 12.4. The van der Waals surface area contributed by atoms with E-state index in [-0.39, 0.29) is 24.4 Å². The van der Waals surface area contributed by atoms with Gasteiger partial charge in [-0.2, -0.15) is 13.2 Å². The number of anilines is 1. The van der Waals surface area contributed by atoms with E-state index in [0.29, 0.717) is 11.8 Å². The third-order valence-electron chi connectivity index (χ3n) is 3.31. The Bertz CT molecular complexity index is 723. The number of nitrogens with zero attached hydrogens (tertiary/aromatic N) is 1. The second kappa shape index (κ2) is 7.25. The summed E-state index contributed by atoms with van der Waals surface area (Å²) >= 11 is 0. The van der Waals surface area contributed by atoms with E-state index >= 15 is 0 Å². The lowest BCUT2D eigenvalue weighted by Gasteiger charge is -2.08. The Kier molecular flexibility index (Phi) is 5.33. The van der Waals surface area contributed by atoms with Gasteiger partial charge in [0, 0.05) is 24.6 Å². The largest absolute Gasteiger partial charge is 0.417 e. The number of carbonyl (C=O) groups is 2. The van der Waals surface area contributed by atoms with Crippen LogP contribution in [0.2, 0.25) is 0 Å². The zero-order chi connectivity index (χ0) is 17.7. The lowest BCUT2D eigenvalue weighted by atomic mass is 10.1. The lowest BCUT2D eigenvalue weighted by molar-refractivity contribution is -0.137. The van der Waals surface area contributed by atoms with Gasteiger partial charge < -0.3 is 5.32 Å². The number of aromatic nitrogens is 1. The van der Waals surface area contributed by atoms with Crippen molar-refractivity contribution in [1.29, 1.82) is 0 Å². The van der Waals surface area contributed by atoms with Crippen LogP contribution in [-0.4, -0.2) is 16.7 Å². The zero-order valence-corrected chi connectivity index (χ0v) is 12.9. The van der Waals surface area contributed by atoms with Crippen molar-refractivity contribution in [2.75, 3.05) is 5.32 Å². The van der Waals surface area contributed by atoms with Crippen LogP contribution in [0.1, 0.15) is 34.3 Å². The van der Waals surface area contributed by atoms with Crippen LogP contribution in [0, 0.1) is 6.92 Å². The van der Waals surface area contributed by atoms with Crippen LogP contribution in [-0.2, 0) is 11.0 Å². The molecule has 0 saturated heterocycles. The van der Waals surface area contributed by atoms with Crippen LogP contribution in [0.25, 0.3) is 0 Å². The molecule has 0 aliphatic rings. The van der Waals surface area contributed by atoms with E-state index in [0.717, 1.165) is 17.7 Å². The van der Waals surface area contributed by atoms with Crippen LogP contribution in [0.3, 0.4) is 0 Å². The third-order valence-corrected chi connectivity index (χ3v) is 3.31. The number of carbonyl (C=O) groups excluding carboxylic acids is 2. The van der Waals surface area contributed by atoms with Crippen molar-refractivity contribution in [2.45, 2.75) is 25.9 Å². The Morgan fingerprint density at radius 3 is 2.25 bits per heavy atom. The van der Waals surface area contributed by atoms with Gasteiger partial charge in [0.05, 0.1) is 5.56 Å². The normalized spacial score (nSPS) is 11.2. The predicted octanol–water partition coefficient (Wildman–Crippen LogP) is 4.01. The van der Waals surface area contributed by atoms with Gasteiger partial charge in [0.1, 0.15) is 5.82 Å². The summed E-state index contributed by atoms with van der Waals surface area (Å²) in [6, 6.07) is 8.89. The molecule has 0 aliphatic heterocycles. The molecule has 0 atom stereocenters. The smallest absolute Gasteiger partial charge is 0.311 e. The summed E-state index contributed by atoms with van der Waals surface area (Å²) in [6.45, 7) is 1.90. The average Bonchev–Trinajstić information content (AvgIpc) is 2.53. The minimum absolute atomic E-state index is 0.00945. The Morgan fingerprint density at radius 2 is 1.71 bits per heavy atom. The highest BCUT2D eigenvalue weighted by Crippen LogP contribution is 2.28. The number of amides is 1. The molecule has 1 amide bonds. The van der Waals surface area contributed by atoms with Gasteiger partial charge in [0.2, 0.25) is 5.91 Å². The second-order valence-corrected chi connectivity index (χ2v) is 5.27. The molecule has 4 nitrogen and oxygen atoms in total. The van der Waals surface area contributed by atoms with Crippen LogP contribution < -0.4 is 5.32 Å². The first-order valence-electron chi connectivity index (χ1n) is 7.18. The molecule has 0 aliphatic carbocycles. The van der Waals surface area contributed by atoms with Crippen molar-refractivity contribution in [3.8, 4) is 0 Å². The van der Waals surface area contributed by atoms with Gasteiger partial charge in [0.15, 0.2) is 5.78 Å². The number of rotatable bonds is 5. The first-order valence-corrected chi connectivity index (χ1v) is 7.18. The van der Waals surface area contributed by atoms with E-state index in [1.807, 2.05) is 6.92 Å². The molecule has 24 heavy (non-hydrogen) atoms. The van der Waals surface area contributed by atoms with Gasteiger partial charge in [-0.15, -0.1) is 0 Å². The van der Waals surface area contributed by atoms with Gasteiger partial charge >= 0.3 is 6.18 Å². The maximum atomic E-state index is 12.4. The first kappa shape index (κ1) is 17.7. The number of alkyl halides is 3. The molecule has 0 radical (unpaired) electrons. The van der Waals surface area contributed by atoms with Crippen LogP contribution in [0.15, 0.2) is 42.6 Å². The Labute approximate surface area is 136 Å². The molecule has 0 saturated carbocycles. The second-order valence-electron chi connectivity index (χ2n) is 5.27. The molecule has 126 valence electrons. The van der Waals surface area contributed by atoms with E-state index in [1.165, 1.54) is 0 Å². The van der Waals surface area contributed by atoms with Gasteiger partial charge in [-0.05, 0) is 19.1 Å². The fourth-order valence-electron chi connectivity index (χ4n) is 1.95.